The third-order valence-electron chi connectivity index (χ3n) is 2.03. The van der Waals surface area contributed by atoms with Crippen molar-refractivity contribution in [1.82, 2.24) is 0 Å². The van der Waals surface area contributed by atoms with E-state index in [1.165, 1.54) is 12.1 Å². The van der Waals surface area contributed by atoms with Crippen molar-refractivity contribution in [3.05, 3.63) is 35.9 Å². The van der Waals surface area contributed by atoms with E-state index in [0.29, 0.717) is 5.56 Å². The molecular formula is C11H12F3O2. The highest BCUT2D eigenvalue weighted by Crippen LogP contribution is 2.32. The zero-order chi connectivity index (χ0) is 12.3. The van der Waals surface area contributed by atoms with E-state index < -0.39 is 6.36 Å². The Hall–Kier alpha value is -1.23. The summed E-state index contributed by atoms with van der Waals surface area (Å²) in [7, 11) is 0. The molecule has 1 aromatic carbocycles. The van der Waals surface area contributed by atoms with Gasteiger partial charge in [0.1, 0.15) is 12.4 Å². The summed E-state index contributed by atoms with van der Waals surface area (Å²) in [5, 5.41) is 8.73. The van der Waals surface area contributed by atoms with Crippen LogP contribution in [0, 0.1) is 6.61 Å². The molecule has 0 aliphatic carbocycles. The molecule has 16 heavy (non-hydrogen) atoms. The maximum atomic E-state index is 12.1. The molecule has 5 heteroatoms. The van der Waals surface area contributed by atoms with E-state index in [9.17, 15) is 13.2 Å². The van der Waals surface area contributed by atoms with Crippen molar-refractivity contribution in [2.75, 3.05) is 0 Å². The molecule has 1 radical (unpaired) electrons. The molecule has 0 saturated carbocycles. The van der Waals surface area contributed by atoms with Crippen LogP contribution in [-0.4, -0.2) is 11.5 Å². The second-order valence-corrected chi connectivity index (χ2v) is 3.63. The number of rotatable bonds is 3. The average Bonchev–Trinajstić information content (AvgIpc) is 2.14. The lowest BCUT2D eigenvalue weighted by Crippen LogP contribution is -2.18. The van der Waals surface area contributed by atoms with Gasteiger partial charge in [0.15, 0.2) is 0 Å². The van der Waals surface area contributed by atoms with Crippen LogP contribution in [0.25, 0.3) is 0 Å². The van der Waals surface area contributed by atoms with Gasteiger partial charge in [-0.05, 0) is 23.1 Å². The first-order chi connectivity index (χ1) is 7.33. The minimum atomic E-state index is -4.72. The summed E-state index contributed by atoms with van der Waals surface area (Å²) in [6, 6.07) is 4.19. The molecule has 1 rings (SSSR count). The molecule has 0 atom stereocenters. The highest BCUT2D eigenvalue weighted by atomic mass is 19.4. The van der Waals surface area contributed by atoms with Gasteiger partial charge in [0.05, 0.1) is 0 Å². The molecule has 0 aliphatic rings. The lowest BCUT2D eigenvalue weighted by atomic mass is 10.0. The SMILES string of the molecule is CC(C)c1ccc([CH]O)cc1OC(F)(F)F. The van der Waals surface area contributed by atoms with Crippen molar-refractivity contribution in [3.63, 3.8) is 0 Å². The molecule has 0 aliphatic heterocycles. The number of aliphatic hydroxyl groups is 1. The Morgan fingerprint density at radius 2 is 1.94 bits per heavy atom. The second-order valence-electron chi connectivity index (χ2n) is 3.63. The van der Waals surface area contributed by atoms with Crippen LogP contribution in [0.4, 0.5) is 13.2 Å². The van der Waals surface area contributed by atoms with Crippen molar-refractivity contribution in [2.24, 2.45) is 0 Å². The van der Waals surface area contributed by atoms with Gasteiger partial charge in [0.25, 0.3) is 0 Å². The van der Waals surface area contributed by atoms with Crippen LogP contribution >= 0.6 is 0 Å². The van der Waals surface area contributed by atoms with Crippen LogP contribution in [-0.2, 0) is 0 Å². The molecule has 0 aromatic heterocycles. The highest BCUT2D eigenvalue weighted by Gasteiger charge is 2.32. The molecule has 0 saturated heterocycles. The van der Waals surface area contributed by atoms with Crippen molar-refractivity contribution >= 4 is 0 Å². The zero-order valence-corrected chi connectivity index (χ0v) is 8.88. The number of benzene rings is 1. The fourth-order valence-electron chi connectivity index (χ4n) is 1.32. The molecular weight excluding hydrogens is 221 g/mol. The number of halogens is 3. The summed E-state index contributed by atoms with van der Waals surface area (Å²) < 4.78 is 40.3. The van der Waals surface area contributed by atoms with Gasteiger partial charge >= 0.3 is 6.36 Å². The molecule has 0 unspecified atom stereocenters. The fourth-order valence-corrected chi connectivity index (χ4v) is 1.32. The van der Waals surface area contributed by atoms with Gasteiger partial charge in [-0.15, -0.1) is 13.2 Å². The maximum absolute atomic E-state index is 12.1. The Labute approximate surface area is 91.7 Å². The standard InChI is InChI=1S/C11H12F3O2/c1-7(2)9-4-3-8(6-15)5-10(9)16-11(12,13)14/h3-7,15H,1-2H3. The van der Waals surface area contributed by atoms with Crippen LogP contribution in [0.3, 0.4) is 0 Å². The largest absolute Gasteiger partial charge is 0.573 e. The van der Waals surface area contributed by atoms with Crippen molar-refractivity contribution < 1.29 is 23.0 Å². The third kappa shape index (κ3) is 3.41. The monoisotopic (exact) mass is 233 g/mol. The normalized spacial score (nSPS) is 11.9. The van der Waals surface area contributed by atoms with E-state index in [1.54, 1.807) is 13.8 Å². The van der Waals surface area contributed by atoms with E-state index in [-0.39, 0.29) is 17.2 Å². The Morgan fingerprint density at radius 1 is 1.31 bits per heavy atom. The van der Waals surface area contributed by atoms with Gasteiger partial charge in [0.2, 0.25) is 0 Å². The predicted molar refractivity (Wildman–Crippen MR) is 52.6 cm³/mol. The van der Waals surface area contributed by atoms with Crippen molar-refractivity contribution in [2.45, 2.75) is 26.1 Å². The van der Waals surface area contributed by atoms with Gasteiger partial charge in [0, 0.05) is 0 Å². The highest BCUT2D eigenvalue weighted by molar-refractivity contribution is 5.41. The summed E-state index contributed by atoms with van der Waals surface area (Å²) in [4.78, 5) is 0. The number of alkyl halides is 3. The average molecular weight is 233 g/mol. The molecule has 0 amide bonds. The predicted octanol–water partition coefficient (Wildman–Crippen LogP) is 3.59. The summed E-state index contributed by atoms with van der Waals surface area (Å²) in [6.07, 6.45) is -4.72. The molecule has 0 bridgehead atoms. The first-order valence-corrected chi connectivity index (χ1v) is 4.70. The fraction of sp³-hybridized carbons (Fsp3) is 0.364. The van der Waals surface area contributed by atoms with E-state index in [4.69, 9.17) is 5.11 Å². The summed E-state index contributed by atoms with van der Waals surface area (Å²) >= 11 is 0. The molecule has 1 N–H and O–H groups in total. The Kier molecular flexibility index (Phi) is 3.80. The number of hydrogen-bond donors (Lipinski definition) is 1. The molecule has 0 fully saturated rings. The summed E-state index contributed by atoms with van der Waals surface area (Å²) in [5.41, 5.74) is 0.714. The van der Waals surface area contributed by atoms with Crippen molar-refractivity contribution in [1.29, 1.82) is 0 Å². The smallest absolute Gasteiger partial charge is 0.405 e. The van der Waals surface area contributed by atoms with Gasteiger partial charge in [-0.2, -0.15) is 0 Å². The van der Waals surface area contributed by atoms with Crippen LogP contribution in [0.2, 0.25) is 0 Å². The minimum absolute atomic E-state index is 0.0925. The third-order valence-corrected chi connectivity index (χ3v) is 2.03. The van der Waals surface area contributed by atoms with Crippen LogP contribution in [0.5, 0.6) is 5.75 Å². The van der Waals surface area contributed by atoms with Crippen LogP contribution < -0.4 is 4.74 Å². The second kappa shape index (κ2) is 4.74. The van der Waals surface area contributed by atoms with Gasteiger partial charge in [-0.1, -0.05) is 26.0 Å². The van der Waals surface area contributed by atoms with Gasteiger partial charge in [-0.25, -0.2) is 0 Å². The van der Waals surface area contributed by atoms with E-state index in [2.05, 4.69) is 4.74 Å². The number of ether oxygens (including phenoxy) is 1. The van der Waals surface area contributed by atoms with Gasteiger partial charge < -0.3 is 9.84 Å². The maximum Gasteiger partial charge on any atom is 0.573 e. The molecule has 2 nitrogen and oxygen atoms in total. The topological polar surface area (TPSA) is 29.5 Å². The first-order valence-electron chi connectivity index (χ1n) is 4.70. The molecule has 89 valence electrons. The lowest BCUT2D eigenvalue weighted by Gasteiger charge is -2.16. The minimum Gasteiger partial charge on any atom is -0.405 e. The van der Waals surface area contributed by atoms with Crippen LogP contribution in [0.1, 0.15) is 30.9 Å². The zero-order valence-electron chi connectivity index (χ0n) is 8.88. The summed E-state index contributed by atoms with van der Waals surface area (Å²) in [5.74, 6) is -0.365. The van der Waals surface area contributed by atoms with E-state index in [0.717, 1.165) is 12.7 Å². The first kappa shape index (κ1) is 12.8. The van der Waals surface area contributed by atoms with E-state index >= 15 is 0 Å². The van der Waals surface area contributed by atoms with Crippen LogP contribution in [0.15, 0.2) is 18.2 Å². The van der Waals surface area contributed by atoms with E-state index in [1.807, 2.05) is 0 Å². The summed E-state index contributed by atoms with van der Waals surface area (Å²) in [6.45, 7) is 4.26. The number of hydrogen-bond acceptors (Lipinski definition) is 2. The van der Waals surface area contributed by atoms with Gasteiger partial charge in [-0.3, -0.25) is 0 Å². The molecule has 0 spiro atoms. The Morgan fingerprint density at radius 3 is 2.38 bits per heavy atom. The Balaban J connectivity index is 3.10. The molecule has 1 aromatic rings. The lowest BCUT2D eigenvalue weighted by molar-refractivity contribution is -0.274. The van der Waals surface area contributed by atoms with Crippen molar-refractivity contribution in [3.8, 4) is 5.75 Å². The molecule has 0 heterocycles. The Bertz CT molecular complexity index is 359. The quantitative estimate of drug-likeness (QED) is 0.864. The number of aliphatic hydroxyl groups excluding tert-OH is 1.